The first kappa shape index (κ1) is 15.1. The Morgan fingerprint density at radius 3 is 2.71 bits per heavy atom. The lowest BCUT2D eigenvalue weighted by Gasteiger charge is -2.17. The molecule has 0 bridgehead atoms. The maximum absolute atomic E-state index is 12.1. The lowest BCUT2D eigenvalue weighted by Crippen LogP contribution is -2.32. The summed E-state index contributed by atoms with van der Waals surface area (Å²) in [6.45, 7) is 1.76. The van der Waals surface area contributed by atoms with Gasteiger partial charge in [-0.25, -0.2) is 4.98 Å². The summed E-state index contributed by atoms with van der Waals surface area (Å²) in [7, 11) is 1.59. The quantitative estimate of drug-likeness (QED) is 0.890. The van der Waals surface area contributed by atoms with Crippen LogP contribution in [0.1, 0.15) is 6.92 Å². The highest BCUT2D eigenvalue weighted by Crippen LogP contribution is 2.23. The number of benzene rings is 1. The fourth-order valence-corrected chi connectivity index (χ4v) is 1.86. The molecule has 0 aliphatic heterocycles. The van der Waals surface area contributed by atoms with Gasteiger partial charge in [0.2, 0.25) is 5.91 Å². The first-order valence-corrected chi connectivity index (χ1v) is 6.80. The average molecular weight is 306 g/mol. The molecule has 2 aromatic rings. The van der Waals surface area contributed by atoms with Crippen LogP contribution in [0.3, 0.4) is 0 Å². The number of ether oxygens (including phenoxy) is 1. The molecular formula is C15H16ClN3O2. The highest BCUT2D eigenvalue weighted by molar-refractivity contribution is 6.30. The predicted molar refractivity (Wildman–Crippen MR) is 84.0 cm³/mol. The van der Waals surface area contributed by atoms with Crippen molar-refractivity contribution in [2.75, 3.05) is 17.7 Å². The van der Waals surface area contributed by atoms with Crippen molar-refractivity contribution in [3.8, 4) is 5.75 Å². The molecule has 0 radical (unpaired) electrons. The Hall–Kier alpha value is -2.27. The summed E-state index contributed by atoms with van der Waals surface area (Å²) in [4.78, 5) is 16.1. The fraction of sp³-hybridized carbons (Fsp3) is 0.200. The first-order chi connectivity index (χ1) is 10.1. The van der Waals surface area contributed by atoms with Crippen LogP contribution in [-0.4, -0.2) is 24.0 Å². The number of rotatable bonds is 5. The molecule has 0 aliphatic rings. The number of carbonyl (C=O) groups is 1. The number of amides is 1. The summed E-state index contributed by atoms with van der Waals surface area (Å²) in [5.74, 6) is 0.940. The molecule has 1 aromatic heterocycles. The molecule has 6 heteroatoms. The van der Waals surface area contributed by atoms with E-state index in [1.807, 2.05) is 24.3 Å². The Balaban J connectivity index is 2.01. The van der Waals surface area contributed by atoms with E-state index in [4.69, 9.17) is 16.3 Å². The van der Waals surface area contributed by atoms with Crippen LogP contribution in [0.4, 0.5) is 11.5 Å². The van der Waals surface area contributed by atoms with E-state index in [1.165, 1.54) is 6.20 Å². The summed E-state index contributed by atoms with van der Waals surface area (Å²) in [5.41, 5.74) is 0.756. The molecule has 2 N–H and O–H groups in total. The lowest BCUT2D eigenvalue weighted by molar-refractivity contribution is -0.116. The SMILES string of the molecule is COc1ccccc1NC(C)C(=O)Nc1ccc(Cl)cn1. The van der Waals surface area contributed by atoms with Gasteiger partial charge in [0.1, 0.15) is 17.6 Å². The minimum absolute atomic E-state index is 0.198. The van der Waals surface area contributed by atoms with Crippen molar-refractivity contribution < 1.29 is 9.53 Å². The van der Waals surface area contributed by atoms with Crippen LogP contribution in [0.5, 0.6) is 5.75 Å². The molecular weight excluding hydrogens is 290 g/mol. The number of methoxy groups -OCH3 is 1. The fourth-order valence-electron chi connectivity index (χ4n) is 1.75. The van der Waals surface area contributed by atoms with Gasteiger partial charge in [-0.2, -0.15) is 0 Å². The number of para-hydroxylation sites is 2. The second-order valence-corrected chi connectivity index (χ2v) is 4.85. The molecule has 0 aliphatic carbocycles. The van der Waals surface area contributed by atoms with Crippen LogP contribution in [0, 0.1) is 0 Å². The smallest absolute Gasteiger partial charge is 0.247 e. The number of halogens is 1. The van der Waals surface area contributed by atoms with Gasteiger partial charge in [0, 0.05) is 6.20 Å². The highest BCUT2D eigenvalue weighted by atomic mass is 35.5. The van der Waals surface area contributed by atoms with Crippen molar-refractivity contribution in [1.82, 2.24) is 4.98 Å². The molecule has 1 heterocycles. The summed E-state index contributed by atoms with van der Waals surface area (Å²) in [6, 6.07) is 10.3. The molecule has 1 amide bonds. The van der Waals surface area contributed by atoms with E-state index in [0.717, 1.165) is 5.69 Å². The lowest BCUT2D eigenvalue weighted by atomic mass is 10.2. The van der Waals surface area contributed by atoms with Gasteiger partial charge in [-0.05, 0) is 31.2 Å². The van der Waals surface area contributed by atoms with Gasteiger partial charge in [0.05, 0.1) is 17.8 Å². The largest absolute Gasteiger partial charge is 0.495 e. The van der Waals surface area contributed by atoms with Crippen LogP contribution in [0.25, 0.3) is 0 Å². The number of nitrogens with zero attached hydrogens (tertiary/aromatic N) is 1. The average Bonchev–Trinajstić information content (AvgIpc) is 2.50. The molecule has 0 saturated carbocycles. The van der Waals surface area contributed by atoms with E-state index in [0.29, 0.717) is 16.6 Å². The van der Waals surface area contributed by atoms with Gasteiger partial charge < -0.3 is 15.4 Å². The number of aromatic nitrogens is 1. The number of hydrogen-bond donors (Lipinski definition) is 2. The Morgan fingerprint density at radius 1 is 1.29 bits per heavy atom. The number of hydrogen-bond acceptors (Lipinski definition) is 4. The van der Waals surface area contributed by atoms with Crippen LogP contribution < -0.4 is 15.4 Å². The minimum Gasteiger partial charge on any atom is -0.495 e. The van der Waals surface area contributed by atoms with Crippen molar-refractivity contribution in [2.24, 2.45) is 0 Å². The summed E-state index contributed by atoms with van der Waals surface area (Å²) in [5, 5.41) is 6.34. The zero-order valence-electron chi connectivity index (χ0n) is 11.8. The van der Waals surface area contributed by atoms with Crippen molar-refractivity contribution in [3.05, 3.63) is 47.6 Å². The molecule has 5 nitrogen and oxygen atoms in total. The van der Waals surface area contributed by atoms with E-state index < -0.39 is 6.04 Å². The highest BCUT2D eigenvalue weighted by Gasteiger charge is 2.15. The Labute approximate surface area is 128 Å². The zero-order chi connectivity index (χ0) is 15.2. The van der Waals surface area contributed by atoms with Crippen LogP contribution >= 0.6 is 11.6 Å². The van der Waals surface area contributed by atoms with E-state index in [9.17, 15) is 4.79 Å². The van der Waals surface area contributed by atoms with Crippen molar-refractivity contribution in [2.45, 2.75) is 13.0 Å². The minimum atomic E-state index is -0.446. The van der Waals surface area contributed by atoms with Gasteiger partial charge in [0.25, 0.3) is 0 Å². The normalized spacial score (nSPS) is 11.6. The molecule has 0 spiro atoms. The Morgan fingerprint density at radius 2 is 2.05 bits per heavy atom. The molecule has 0 fully saturated rings. The molecule has 0 saturated heterocycles. The first-order valence-electron chi connectivity index (χ1n) is 6.42. The van der Waals surface area contributed by atoms with Crippen molar-refractivity contribution >= 4 is 29.0 Å². The van der Waals surface area contributed by atoms with Crippen LogP contribution in [0.2, 0.25) is 5.02 Å². The summed E-state index contributed by atoms with van der Waals surface area (Å²) in [6.07, 6.45) is 1.48. The van der Waals surface area contributed by atoms with Crippen LogP contribution in [0.15, 0.2) is 42.6 Å². The van der Waals surface area contributed by atoms with E-state index in [1.54, 1.807) is 26.2 Å². The molecule has 21 heavy (non-hydrogen) atoms. The third-order valence-electron chi connectivity index (χ3n) is 2.85. The zero-order valence-corrected chi connectivity index (χ0v) is 12.5. The second-order valence-electron chi connectivity index (χ2n) is 4.42. The van der Waals surface area contributed by atoms with E-state index in [-0.39, 0.29) is 5.91 Å². The van der Waals surface area contributed by atoms with E-state index >= 15 is 0 Å². The second kappa shape index (κ2) is 6.95. The third kappa shape index (κ3) is 4.10. The van der Waals surface area contributed by atoms with Crippen molar-refractivity contribution in [3.63, 3.8) is 0 Å². The van der Waals surface area contributed by atoms with Crippen molar-refractivity contribution in [1.29, 1.82) is 0 Å². The van der Waals surface area contributed by atoms with Gasteiger partial charge >= 0.3 is 0 Å². The van der Waals surface area contributed by atoms with Crippen LogP contribution in [-0.2, 0) is 4.79 Å². The maximum Gasteiger partial charge on any atom is 0.247 e. The monoisotopic (exact) mass is 305 g/mol. The topological polar surface area (TPSA) is 63.2 Å². The third-order valence-corrected chi connectivity index (χ3v) is 3.07. The Bertz CT molecular complexity index is 617. The molecule has 1 atom stereocenters. The molecule has 1 unspecified atom stereocenters. The summed E-state index contributed by atoms with van der Waals surface area (Å²) < 4.78 is 5.24. The number of carbonyl (C=O) groups excluding carboxylic acids is 1. The molecule has 2 rings (SSSR count). The predicted octanol–water partition coefficient (Wildman–Crippen LogP) is 3.18. The van der Waals surface area contributed by atoms with Gasteiger partial charge in [0.15, 0.2) is 0 Å². The standard InChI is InChI=1S/C15H16ClN3O2/c1-10(18-12-5-3-4-6-13(12)21-2)15(20)19-14-8-7-11(16)9-17-14/h3-10,18H,1-2H3,(H,17,19,20). The van der Waals surface area contributed by atoms with E-state index in [2.05, 4.69) is 15.6 Å². The van der Waals surface area contributed by atoms with Gasteiger partial charge in [-0.15, -0.1) is 0 Å². The molecule has 1 aromatic carbocycles. The maximum atomic E-state index is 12.1. The Kier molecular flexibility index (Phi) is 5.00. The summed E-state index contributed by atoms with van der Waals surface area (Å²) >= 11 is 5.75. The van der Waals surface area contributed by atoms with Gasteiger partial charge in [-0.1, -0.05) is 23.7 Å². The number of anilines is 2. The van der Waals surface area contributed by atoms with Gasteiger partial charge in [-0.3, -0.25) is 4.79 Å². The number of pyridine rings is 1. The molecule has 110 valence electrons. The number of nitrogens with one attached hydrogen (secondary N) is 2.